The molecule has 0 aromatic heterocycles. The third-order valence-corrected chi connectivity index (χ3v) is 6.12. The van der Waals surface area contributed by atoms with E-state index in [4.69, 9.17) is 0 Å². The predicted octanol–water partition coefficient (Wildman–Crippen LogP) is 1.52. The Hall–Kier alpha value is -0.950. The SMILES string of the molecule is Cc1ccccc1CN(C)S(=O)(=O)N1CCCCC1CO. The lowest BCUT2D eigenvalue weighted by molar-refractivity contribution is 0.149. The third kappa shape index (κ3) is 3.63. The average Bonchev–Trinajstić information content (AvgIpc) is 2.49. The minimum atomic E-state index is -3.53. The van der Waals surface area contributed by atoms with Crippen LogP contribution in [0.5, 0.6) is 0 Å². The van der Waals surface area contributed by atoms with Crippen LogP contribution in [-0.2, 0) is 16.8 Å². The lowest BCUT2D eigenvalue weighted by Gasteiger charge is -2.36. The van der Waals surface area contributed by atoms with Gasteiger partial charge in [-0.15, -0.1) is 0 Å². The van der Waals surface area contributed by atoms with Gasteiger partial charge in [0.2, 0.25) is 0 Å². The van der Waals surface area contributed by atoms with E-state index in [9.17, 15) is 13.5 Å². The van der Waals surface area contributed by atoms with E-state index in [0.717, 1.165) is 30.4 Å². The van der Waals surface area contributed by atoms with E-state index in [-0.39, 0.29) is 12.6 Å². The van der Waals surface area contributed by atoms with Crippen molar-refractivity contribution in [3.05, 3.63) is 35.4 Å². The van der Waals surface area contributed by atoms with Gasteiger partial charge in [-0.05, 0) is 30.9 Å². The Morgan fingerprint density at radius 2 is 2.05 bits per heavy atom. The van der Waals surface area contributed by atoms with Gasteiger partial charge < -0.3 is 5.11 Å². The van der Waals surface area contributed by atoms with Gasteiger partial charge in [-0.25, -0.2) is 0 Å². The van der Waals surface area contributed by atoms with Gasteiger partial charge in [0.25, 0.3) is 10.2 Å². The number of rotatable bonds is 5. The molecule has 0 radical (unpaired) electrons. The van der Waals surface area contributed by atoms with Gasteiger partial charge in [-0.2, -0.15) is 17.0 Å². The first kappa shape index (κ1) is 16.4. The fourth-order valence-electron chi connectivity index (χ4n) is 2.75. The number of hydrogen-bond donors (Lipinski definition) is 1. The average molecular weight is 312 g/mol. The molecule has 1 saturated heterocycles. The summed E-state index contributed by atoms with van der Waals surface area (Å²) in [6, 6.07) is 7.50. The number of aryl methyl sites for hydroxylation is 1. The van der Waals surface area contributed by atoms with Crippen LogP contribution < -0.4 is 0 Å². The molecule has 1 aliphatic rings. The van der Waals surface area contributed by atoms with Crippen molar-refractivity contribution in [2.75, 3.05) is 20.2 Å². The molecule has 0 spiro atoms. The molecule has 0 amide bonds. The predicted molar refractivity (Wildman–Crippen MR) is 83.0 cm³/mol. The molecule has 118 valence electrons. The van der Waals surface area contributed by atoms with Crippen molar-refractivity contribution in [3.63, 3.8) is 0 Å². The van der Waals surface area contributed by atoms with Crippen molar-refractivity contribution < 1.29 is 13.5 Å². The molecule has 21 heavy (non-hydrogen) atoms. The standard InChI is InChI=1S/C15H24N2O3S/c1-13-7-3-4-8-14(13)11-16(2)21(19,20)17-10-6-5-9-15(17)12-18/h3-4,7-8,15,18H,5-6,9-12H2,1-2H3. The van der Waals surface area contributed by atoms with Crippen LogP contribution in [0, 0.1) is 6.92 Å². The Morgan fingerprint density at radius 1 is 1.33 bits per heavy atom. The second-order valence-electron chi connectivity index (χ2n) is 5.63. The Kier molecular flexibility index (Phi) is 5.37. The monoisotopic (exact) mass is 312 g/mol. The van der Waals surface area contributed by atoms with E-state index in [1.807, 2.05) is 31.2 Å². The molecule has 1 unspecified atom stereocenters. The molecular weight excluding hydrogens is 288 g/mol. The maximum absolute atomic E-state index is 12.7. The number of piperidine rings is 1. The smallest absolute Gasteiger partial charge is 0.282 e. The highest BCUT2D eigenvalue weighted by Crippen LogP contribution is 2.23. The molecule has 0 saturated carbocycles. The van der Waals surface area contributed by atoms with E-state index in [1.165, 1.54) is 8.61 Å². The van der Waals surface area contributed by atoms with Crippen LogP contribution in [0.25, 0.3) is 0 Å². The third-order valence-electron chi connectivity index (χ3n) is 4.13. The maximum atomic E-state index is 12.7. The maximum Gasteiger partial charge on any atom is 0.282 e. The Labute approximate surface area is 127 Å². The summed E-state index contributed by atoms with van der Waals surface area (Å²) in [5.41, 5.74) is 2.08. The molecule has 1 aliphatic heterocycles. The quantitative estimate of drug-likeness (QED) is 0.897. The minimum absolute atomic E-state index is 0.114. The molecule has 0 bridgehead atoms. The summed E-state index contributed by atoms with van der Waals surface area (Å²) in [5, 5.41) is 9.42. The molecule has 1 atom stereocenters. The topological polar surface area (TPSA) is 60.9 Å². The molecule has 1 heterocycles. The van der Waals surface area contributed by atoms with Crippen LogP contribution in [0.1, 0.15) is 30.4 Å². The number of benzene rings is 1. The molecule has 5 nitrogen and oxygen atoms in total. The van der Waals surface area contributed by atoms with Gasteiger partial charge in [-0.1, -0.05) is 30.7 Å². The van der Waals surface area contributed by atoms with Crippen LogP contribution in [0.15, 0.2) is 24.3 Å². The number of aliphatic hydroxyl groups is 1. The summed E-state index contributed by atoms with van der Waals surface area (Å²) < 4.78 is 28.3. The van der Waals surface area contributed by atoms with Gasteiger partial charge in [0.1, 0.15) is 0 Å². The molecular formula is C15H24N2O3S. The Bertz CT molecular complexity index is 574. The fraction of sp³-hybridized carbons (Fsp3) is 0.600. The lowest BCUT2D eigenvalue weighted by Crippen LogP contribution is -2.50. The van der Waals surface area contributed by atoms with Crippen molar-refractivity contribution in [1.82, 2.24) is 8.61 Å². The van der Waals surface area contributed by atoms with E-state index in [0.29, 0.717) is 13.1 Å². The number of nitrogens with zero attached hydrogens (tertiary/aromatic N) is 2. The summed E-state index contributed by atoms with van der Waals surface area (Å²) in [7, 11) is -1.93. The zero-order valence-corrected chi connectivity index (χ0v) is 13.5. The van der Waals surface area contributed by atoms with Crippen LogP contribution in [0.2, 0.25) is 0 Å². The Balaban J connectivity index is 2.16. The molecule has 6 heteroatoms. The van der Waals surface area contributed by atoms with Crippen molar-refractivity contribution >= 4 is 10.2 Å². The summed E-state index contributed by atoms with van der Waals surface area (Å²) in [4.78, 5) is 0. The van der Waals surface area contributed by atoms with Crippen molar-refractivity contribution in [3.8, 4) is 0 Å². The van der Waals surface area contributed by atoms with Gasteiger partial charge in [-0.3, -0.25) is 0 Å². The highest BCUT2D eigenvalue weighted by atomic mass is 32.2. The van der Waals surface area contributed by atoms with E-state index < -0.39 is 10.2 Å². The van der Waals surface area contributed by atoms with Crippen LogP contribution in [-0.4, -0.2) is 48.4 Å². The summed E-state index contributed by atoms with van der Waals surface area (Å²) in [6.45, 7) is 2.71. The first-order valence-electron chi connectivity index (χ1n) is 7.35. The first-order chi connectivity index (χ1) is 9.96. The lowest BCUT2D eigenvalue weighted by atomic mass is 10.1. The van der Waals surface area contributed by atoms with E-state index >= 15 is 0 Å². The minimum Gasteiger partial charge on any atom is -0.395 e. The molecule has 1 aromatic carbocycles. The molecule has 1 aromatic rings. The van der Waals surface area contributed by atoms with Crippen molar-refractivity contribution in [1.29, 1.82) is 0 Å². The second-order valence-corrected chi connectivity index (χ2v) is 7.62. The van der Waals surface area contributed by atoms with Gasteiger partial charge in [0, 0.05) is 26.2 Å². The number of aliphatic hydroxyl groups excluding tert-OH is 1. The normalized spacial score (nSPS) is 20.9. The van der Waals surface area contributed by atoms with Crippen molar-refractivity contribution in [2.24, 2.45) is 0 Å². The largest absolute Gasteiger partial charge is 0.395 e. The molecule has 1 N–H and O–H groups in total. The van der Waals surface area contributed by atoms with Gasteiger partial charge in [0.15, 0.2) is 0 Å². The zero-order chi connectivity index (χ0) is 15.5. The second kappa shape index (κ2) is 6.87. The Morgan fingerprint density at radius 3 is 2.71 bits per heavy atom. The highest BCUT2D eigenvalue weighted by Gasteiger charge is 2.34. The van der Waals surface area contributed by atoms with Crippen LogP contribution >= 0.6 is 0 Å². The molecule has 2 rings (SSSR count). The molecule has 1 fully saturated rings. The van der Waals surface area contributed by atoms with Crippen LogP contribution in [0.3, 0.4) is 0 Å². The van der Waals surface area contributed by atoms with Gasteiger partial charge >= 0.3 is 0 Å². The number of hydrogen-bond acceptors (Lipinski definition) is 3. The molecule has 0 aliphatic carbocycles. The fourth-order valence-corrected chi connectivity index (χ4v) is 4.32. The highest BCUT2D eigenvalue weighted by molar-refractivity contribution is 7.86. The van der Waals surface area contributed by atoms with Crippen LogP contribution in [0.4, 0.5) is 0 Å². The zero-order valence-electron chi connectivity index (χ0n) is 12.7. The van der Waals surface area contributed by atoms with E-state index in [2.05, 4.69) is 0 Å². The summed E-state index contributed by atoms with van der Waals surface area (Å²) >= 11 is 0. The summed E-state index contributed by atoms with van der Waals surface area (Å²) in [5.74, 6) is 0. The van der Waals surface area contributed by atoms with Crippen molar-refractivity contribution in [2.45, 2.75) is 38.8 Å². The summed E-state index contributed by atoms with van der Waals surface area (Å²) in [6.07, 6.45) is 2.56. The van der Waals surface area contributed by atoms with E-state index in [1.54, 1.807) is 7.05 Å². The first-order valence-corrected chi connectivity index (χ1v) is 8.75. The van der Waals surface area contributed by atoms with Gasteiger partial charge in [0.05, 0.1) is 6.61 Å².